The molecule has 0 fully saturated rings. The van der Waals surface area contributed by atoms with Crippen molar-refractivity contribution in [1.29, 1.82) is 0 Å². The first-order valence-electron chi connectivity index (χ1n) is 9.38. The van der Waals surface area contributed by atoms with E-state index < -0.39 is 6.23 Å². The number of nitrogens with zero attached hydrogens (tertiary/aromatic N) is 3. The Hall–Kier alpha value is -2.94. The smallest absolute Gasteiger partial charge is 0.251 e. The summed E-state index contributed by atoms with van der Waals surface area (Å²) in [6, 6.07) is 6.57. The summed E-state index contributed by atoms with van der Waals surface area (Å²) in [7, 11) is 0. The first-order valence-corrected chi connectivity index (χ1v) is 9.83. The Balaban J connectivity index is 2.39. The van der Waals surface area contributed by atoms with E-state index in [0.717, 1.165) is 0 Å². The van der Waals surface area contributed by atoms with E-state index >= 15 is 0 Å². The van der Waals surface area contributed by atoms with Crippen LogP contribution in [0, 0.1) is 11.8 Å². The number of hydrogen-bond acceptors (Lipinski definition) is 8. The van der Waals surface area contributed by atoms with E-state index in [2.05, 4.69) is 50.0 Å². The molecule has 1 aromatic rings. The number of nitrogens with one attached hydrogen (secondary N) is 3. The first-order chi connectivity index (χ1) is 15.1. The topological polar surface area (TPSA) is 147 Å². The number of hydrogen-bond donors (Lipinski definition) is 4. The fraction of sp³-hybridized carbons (Fsp3) is 0.474. The molecule has 0 aliphatic carbocycles. The number of ether oxygens (including phenoxy) is 3. The molecule has 12 heteroatoms. The quantitative estimate of drug-likeness (QED) is 0.0784. The van der Waals surface area contributed by atoms with Gasteiger partial charge in [-0.3, -0.25) is 14.3 Å². The number of carbonyl (C=O) groups excluding carboxylic acids is 2. The Morgan fingerprint density at radius 1 is 1.29 bits per heavy atom. The van der Waals surface area contributed by atoms with Crippen LogP contribution in [0.15, 0.2) is 29.4 Å². The lowest BCUT2D eigenvalue weighted by Crippen LogP contribution is -2.29. The molecule has 31 heavy (non-hydrogen) atoms. The van der Waals surface area contributed by atoms with Crippen molar-refractivity contribution >= 4 is 24.6 Å². The Bertz CT molecular complexity index is 806. The third-order valence-electron chi connectivity index (χ3n) is 3.51. The molecule has 0 saturated carbocycles. The number of amides is 2. The molecule has 0 aliphatic rings. The molecule has 0 saturated heterocycles. The lowest BCUT2D eigenvalue weighted by Gasteiger charge is -2.14. The normalized spacial score (nSPS) is 10.8. The van der Waals surface area contributed by atoms with E-state index in [-0.39, 0.29) is 44.8 Å². The number of benzene rings is 1. The molecule has 168 valence electrons. The number of carbonyl (C=O) groups is 2. The summed E-state index contributed by atoms with van der Waals surface area (Å²) in [4.78, 5) is 26.3. The van der Waals surface area contributed by atoms with Gasteiger partial charge in [0.2, 0.25) is 5.91 Å². The van der Waals surface area contributed by atoms with Crippen molar-refractivity contribution in [3.05, 3.63) is 40.3 Å². The van der Waals surface area contributed by atoms with Gasteiger partial charge in [0, 0.05) is 23.6 Å². The van der Waals surface area contributed by atoms with Crippen molar-refractivity contribution in [2.75, 3.05) is 46.1 Å². The molecule has 1 atom stereocenters. The minimum Gasteiger partial charge on any atom is -0.491 e. The first kappa shape index (κ1) is 26.1. The van der Waals surface area contributed by atoms with Crippen LogP contribution >= 0.6 is 12.8 Å². The summed E-state index contributed by atoms with van der Waals surface area (Å²) in [6.45, 7) is 2.93. The van der Waals surface area contributed by atoms with Gasteiger partial charge in [-0.2, -0.15) is 0 Å². The minimum absolute atomic E-state index is 0.0606. The lowest BCUT2D eigenvalue weighted by atomic mass is 10.2. The van der Waals surface area contributed by atoms with Gasteiger partial charge in [0.25, 0.3) is 5.91 Å². The molecule has 0 aromatic heterocycles. The monoisotopic (exact) mass is 450 g/mol. The van der Waals surface area contributed by atoms with Crippen LogP contribution < -0.4 is 20.1 Å². The summed E-state index contributed by atoms with van der Waals surface area (Å²) < 4.78 is 18.8. The third kappa shape index (κ3) is 12.4. The van der Waals surface area contributed by atoms with Gasteiger partial charge in [-0.25, -0.2) is 0 Å². The van der Waals surface area contributed by atoms with Crippen molar-refractivity contribution < 1.29 is 23.8 Å². The molecule has 0 aliphatic heterocycles. The Morgan fingerprint density at radius 2 is 2.13 bits per heavy atom. The number of azide groups is 1. The van der Waals surface area contributed by atoms with E-state index in [1.54, 1.807) is 31.2 Å². The molecule has 0 spiro atoms. The van der Waals surface area contributed by atoms with Crippen molar-refractivity contribution in [3.63, 3.8) is 0 Å². The van der Waals surface area contributed by atoms with Gasteiger partial charge in [0.15, 0.2) is 6.23 Å². The van der Waals surface area contributed by atoms with Gasteiger partial charge in [0.05, 0.1) is 19.8 Å². The zero-order valence-electron chi connectivity index (χ0n) is 17.2. The van der Waals surface area contributed by atoms with Gasteiger partial charge < -0.3 is 24.8 Å². The lowest BCUT2D eigenvalue weighted by molar-refractivity contribution is -0.126. The maximum atomic E-state index is 12.1. The molecule has 2 amide bonds. The largest absolute Gasteiger partial charge is 0.491 e. The highest BCUT2D eigenvalue weighted by Crippen LogP contribution is 2.14. The van der Waals surface area contributed by atoms with Crippen LogP contribution in [-0.2, 0) is 14.3 Å². The SMILES string of the molecule is CC#CCNC(=O)COCCOC(COc1cccc(C(=O)NCCNS)c1)N=[N+]=[N-]. The molecular weight excluding hydrogens is 424 g/mol. The fourth-order valence-corrected chi connectivity index (χ4v) is 2.20. The molecular formula is C19H26N6O5S. The molecule has 0 heterocycles. The van der Waals surface area contributed by atoms with Crippen LogP contribution in [0.25, 0.3) is 10.4 Å². The predicted octanol–water partition coefficient (Wildman–Crippen LogP) is 1.04. The highest BCUT2D eigenvalue weighted by atomic mass is 32.1. The summed E-state index contributed by atoms with van der Waals surface area (Å²) in [5.74, 6) is 5.26. The van der Waals surface area contributed by atoms with E-state index in [1.807, 2.05) is 0 Å². The van der Waals surface area contributed by atoms with Crippen LogP contribution in [0.5, 0.6) is 5.75 Å². The maximum absolute atomic E-state index is 12.1. The second-order valence-electron chi connectivity index (χ2n) is 5.79. The molecule has 1 rings (SSSR count). The average molecular weight is 451 g/mol. The van der Waals surface area contributed by atoms with Crippen molar-refractivity contribution in [1.82, 2.24) is 15.4 Å². The zero-order valence-corrected chi connectivity index (χ0v) is 18.1. The minimum atomic E-state index is -0.902. The summed E-state index contributed by atoms with van der Waals surface area (Å²) in [6.07, 6.45) is -0.902. The molecule has 1 aromatic carbocycles. The molecule has 0 bridgehead atoms. The molecule has 11 nitrogen and oxygen atoms in total. The summed E-state index contributed by atoms with van der Waals surface area (Å²) in [5.41, 5.74) is 9.12. The summed E-state index contributed by atoms with van der Waals surface area (Å²) >= 11 is 3.85. The van der Waals surface area contributed by atoms with Crippen molar-refractivity contribution in [3.8, 4) is 17.6 Å². The standard InChI is InChI=1S/C19H26N6O5S/c1-2-3-7-21-17(26)13-28-10-11-29-18(24-25-20)14-30-16-6-4-5-15(12-16)19(27)22-8-9-23-31/h4-6,12,18,23,31H,7-11,13-14H2,1H3,(H,21,26)(H,22,27). The molecule has 1 unspecified atom stereocenters. The fourth-order valence-electron chi connectivity index (χ4n) is 2.09. The van der Waals surface area contributed by atoms with Gasteiger partial charge in [-0.15, -0.1) is 5.92 Å². The van der Waals surface area contributed by atoms with Crippen molar-refractivity contribution in [2.24, 2.45) is 5.11 Å². The Kier molecular flexibility index (Phi) is 14.2. The number of rotatable bonds is 15. The van der Waals surface area contributed by atoms with Crippen LogP contribution in [0.4, 0.5) is 0 Å². The Morgan fingerprint density at radius 3 is 2.87 bits per heavy atom. The zero-order chi connectivity index (χ0) is 22.7. The third-order valence-corrected chi connectivity index (χ3v) is 3.74. The van der Waals surface area contributed by atoms with Gasteiger partial charge in [-0.05, 0) is 30.7 Å². The summed E-state index contributed by atoms with van der Waals surface area (Å²) in [5, 5.41) is 8.82. The van der Waals surface area contributed by atoms with Crippen LogP contribution in [0.3, 0.4) is 0 Å². The molecule has 3 N–H and O–H groups in total. The van der Waals surface area contributed by atoms with E-state index in [4.69, 9.17) is 19.7 Å². The van der Waals surface area contributed by atoms with Crippen LogP contribution in [-0.4, -0.2) is 64.1 Å². The van der Waals surface area contributed by atoms with Crippen LogP contribution in [0.1, 0.15) is 17.3 Å². The second kappa shape index (κ2) is 16.8. The van der Waals surface area contributed by atoms with E-state index in [0.29, 0.717) is 24.4 Å². The van der Waals surface area contributed by atoms with E-state index in [9.17, 15) is 9.59 Å². The maximum Gasteiger partial charge on any atom is 0.251 e. The van der Waals surface area contributed by atoms with Crippen LogP contribution in [0.2, 0.25) is 0 Å². The number of thiol groups is 1. The predicted molar refractivity (Wildman–Crippen MR) is 117 cm³/mol. The van der Waals surface area contributed by atoms with E-state index in [1.165, 1.54) is 0 Å². The van der Waals surface area contributed by atoms with Gasteiger partial charge >= 0.3 is 0 Å². The van der Waals surface area contributed by atoms with Crippen molar-refractivity contribution in [2.45, 2.75) is 13.2 Å². The molecule has 0 radical (unpaired) electrons. The Labute approximate surface area is 186 Å². The van der Waals surface area contributed by atoms with Gasteiger partial charge in [-0.1, -0.05) is 29.9 Å². The highest BCUT2D eigenvalue weighted by molar-refractivity contribution is 7.78. The second-order valence-corrected chi connectivity index (χ2v) is 6.11. The average Bonchev–Trinajstić information content (AvgIpc) is 2.77. The van der Waals surface area contributed by atoms with Gasteiger partial charge in [0.1, 0.15) is 19.0 Å². The highest BCUT2D eigenvalue weighted by Gasteiger charge is 2.10.